The van der Waals surface area contributed by atoms with Gasteiger partial charge in [0.05, 0.1) is 18.7 Å². The molecule has 8 heteroatoms. The van der Waals surface area contributed by atoms with Gasteiger partial charge in [0.15, 0.2) is 5.69 Å². The third-order valence-electron chi connectivity index (χ3n) is 7.17. The fraction of sp³-hybridized carbons (Fsp3) is 0.400. The zero-order valence-electron chi connectivity index (χ0n) is 18.6. The second-order valence-corrected chi connectivity index (χ2v) is 9.09. The molecule has 8 nitrogen and oxygen atoms in total. The molecule has 3 heterocycles. The Morgan fingerprint density at radius 2 is 1.82 bits per heavy atom. The van der Waals surface area contributed by atoms with Crippen molar-refractivity contribution in [2.45, 2.75) is 44.7 Å². The van der Waals surface area contributed by atoms with Crippen LogP contribution in [0.3, 0.4) is 0 Å². The van der Waals surface area contributed by atoms with E-state index in [0.29, 0.717) is 18.7 Å². The molecule has 5 rings (SSSR count). The summed E-state index contributed by atoms with van der Waals surface area (Å²) in [5.41, 5.74) is 2.47. The Hall–Kier alpha value is -3.55. The van der Waals surface area contributed by atoms with Crippen LogP contribution in [0.5, 0.6) is 0 Å². The van der Waals surface area contributed by atoms with Gasteiger partial charge in [-0.2, -0.15) is 0 Å². The number of rotatable bonds is 6. The molecule has 1 atom stereocenters. The van der Waals surface area contributed by atoms with E-state index in [1.165, 1.54) is 0 Å². The van der Waals surface area contributed by atoms with Gasteiger partial charge in [0, 0.05) is 32.0 Å². The average Bonchev–Trinajstić information content (AvgIpc) is 3.32. The van der Waals surface area contributed by atoms with Crippen molar-refractivity contribution in [3.63, 3.8) is 0 Å². The Balaban J connectivity index is 1.16. The number of carbonyl (C=O) groups is 2. The predicted octanol–water partition coefficient (Wildman–Crippen LogP) is 2.79. The molecule has 2 aliphatic rings. The first-order valence-corrected chi connectivity index (χ1v) is 11.5. The zero-order valence-corrected chi connectivity index (χ0v) is 18.6. The van der Waals surface area contributed by atoms with Crippen LogP contribution >= 0.6 is 0 Å². The van der Waals surface area contributed by atoms with Gasteiger partial charge in [-0.3, -0.25) is 14.6 Å². The molecule has 1 saturated carbocycles. The fourth-order valence-electron chi connectivity index (χ4n) is 5.07. The molecule has 2 aromatic heterocycles. The second-order valence-electron chi connectivity index (χ2n) is 9.09. The number of aromatic nitrogens is 4. The molecule has 1 unspecified atom stereocenters. The van der Waals surface area contributed by atoms with E-state index in [-0.39, 0.29) is 23.3 Å². The topological polar surface area (TPSA) is 93.0 Å². The number of likely N-dealkylation sites (tertiary alicyclic amines) is 1. The van der Waals surface area contributed by atoms with Gasteiger partial charge in [0.2, 0.25) is 5.91 Å². The van der Waals surface area contributed by atoms with E-state index < -0.39 is 0 Å². The van der Waals surface area contributed by atoms with Crippen molar-refractivity contribution in [2.75, 3.05) is 13.1 Å². The SMILES string of the molecule is O=C(NCc1ccccc1)c1cn(C2CCC23CCN(C(=O)Cc2cccnc2)CC3)nn1. The first kappa shape index (κ1) is 21.3. The van der Waals surface area contributed by atoms with Crippen molar-refractivity contribution < 1.29 is 9.59 Å². The van der Waals surface area contributed by atoms with E-state index in [0.717, 1.165) is 49.9 Å². The molecular formula is C25H28N6O2. The molecule has 1 N–H and O–H groups in total. The highest BCUT2D eigenvalue weighted by atomic mass is 16.2. The van der Waals surface area contributed by atoms with Gasteiger partial charge in [-0.15, -0.1) is 5.10 Å². The van der Waals surface area contributed by atoms with Gasteiger partial charge in [-0.25, -0.2) is 4.68 Å². The van der Waals surface area contributed by atoms with Crippen molar-refractivity contribution in [1.82, 2.24) is 30.2 Å². The van der Waals surface area contributed by atoms with Crippen LogP contribution < -0.4 is 5.32 Å². The van der Waals surface area contributed by atoms with E-state index >= 15 is 0 Å². The number of piperidine rings is 1. The molecule has 170 valence electrons. The lowest BCUT2D eigenvalue weighted by Crippen LogP contribution is -2.51. The number of carbonyl (C=O) groups excluding carboxylic acids is 2. The van der Waals surface area contributed by atoms with Crippen molar-refractivity contribution in [3.8, 4) is 0 Å². The summed E-state index contributed by atoms with van der Waals surface area (Å²) in [5.74, 6) is -0.0545. The van der Waals surface area contributed by atoms with Crippen LogP contribution in [0.1, 0.15) is 53.3 Å². The molecule has 2 amide bonds. The molecule has 33 heavy (non-hydrogen) atoms. The summed E-state index contributed by atoms with van der Waals surface area (Å²) in [4.78, 5) is 31.3. The first-order valence-electron chi connectivity index (χ1n) is 11.5. The van der Waals surface area contributed by atoms with Crippen LogP contribution in [0.25, 0.3) is 0 Å². The molecule has 1 spiro atoms. The van der Waals surface area contributed by atoms with Crippen LogP contribution in [0, 0.1) is 5.41 Å². The summed E-state index contributed by atoms with van der Waals surface area (Å²) in [6.45, 7) is 1.98. The molecular weight excluding hydrogens is 416 g/mol. The summed E-state index contributed by atoms with van der Waals surface area (Å²) in [7, 11) is 0. The standard InChI is InChI=1S/C25H28N6O2/c32-23(15-20-7-4-12-26-16-20)30-13-10-25(11-14-30)9-8-22(25)31-18-21(28-29-31)24(33)27-17-19-5-2-1-3-6-19/h1-7,12,16,18,22H,8-11,13-15,17H2,(H,27,33). The van der Waals surface area contributed by atoms with Crippen LogP contribution in [-0.2, 0) is 17.8 Å². The quantitative estimate of drug-likeness (QED) is 0.631. The Kier molecular flexibility index (Phi) is 5.90. The van der Waals surface area contributed by atoms with Gasteiger partial charge in [-0.1, -0.05) is 41.6 Å². The predicted molar refractivity (Wildman–Crippen MR) is 122 cm³/mol. The maximum Gasteiger partial charge on any atom is 0.273 e. The number of nitrogens with zero attached hydrogens (tertiary/aromatic N) is 5. The highest BCUT2D eigenvalue weighted by Crippen LogP contribution is 2.56. The lowest BCUT2D eigenvalue weighted by Gasteiger charge is -2.53. The van der Waals surface area contributed by atoms with Crippen molar-refractivity contribution in [3.05, 3.63) is 77.9 Å². The third kappa shape index (κ3) is 4.51. The average molecular weight is 445 g/mol. The van der Waals surface area contributed by atoms with Gasteiger partial charge < -0.3 is 10.2 Å². The van der Waals surface area contributed by atoms with E-state index in [4.69, 9.17) is 0 Å². The zero-order chi connectivity index (χ0) is 22.7. The summed E-state index contributed by atoms with van der Waals surface area (Å²) in [6.07, 6.45) is 9.69. The molecule has 0 radical (unpaired) electrons. The molecule has 1 saturated heterocycles. The van der Waals surface area contributed by atoms with Crippen LogP contribution in [-0.4, -0.2) is 49.8 Å². The molecule has 1 aromatic carbocycles. The van der Waals surface area contributed by atoms with E-state index in [9.17, 15) is 9.59 Å². The summed E-state index contributed by atoms with van der Waals surface area (Å²) in [5, 5.41) is 11.3. The Bertz CT molecular complexity index is 1110. The number of benzene rings is 1. The lowest BCUT2D eigenvalue weighted by molar-refractivity contribution is -0.135. The number of amides is 2. The highest BCUT2D eigenvalue weighted by molar-refractivity contribution is 5.91. The van der Waals surface area contributed by atoms with E-state index in [1.54, 1.807) is 18.6 Å². The molecule has 3 aromatic rings. The summed E-state index contributed by atoms with van der Waals surface area (Å²) >= 11 is 0. The van der Waals surface area contributed by atoms with E-state index in [1.807, 2.05) is 52.0 Å². The monoisotopic (exact) mass is 444 g/mol. The van der Waals surface area contributed by atoms with Gasteiger partial charge >= 0.3 is 0 Å². The minimum atomic E-state index is -0.214. The molecule has 1 aliphatic carbocycles. The molecule has 0 bridgehead atoms. The molecule has 1 aliphatic heterocycles. The molecule has 2 fully saturated rings. The second kappa shape index (κ2) is 9.13. The number of nitrogens with one attached hydrogen (secondary N) is 1. The maximum atomic E-state index is 12.7. The first-order chi connectivity index (χ1) is 16.1. The van der Waals surface area contributed by atoms with Gasteiger partial charge in [0.25, 0.3) is 5.91 Å². The van der Waals surface area contributed by atoms with Gasteiger partial charge in [0.1, 0.15) is 0 Å². The Morgan fingerprint density at radius 1 is 1.03 bits per heavy atom. The highest BCUT2D eigenvalue weighted by Gasteiger charge is 2.50. The smallest absolute Gasteiger partial charge is 0.273 e. The maximum absolute atomic E-state index is 12.7. The van der Waals surface area contributed by atoms with Crippen LogP contribution in [0.4, 0.5) is 0 Å². The Morgan fingerprint density at radius 3 is 2.52 bits per heavy atom. The fourth-order valence-corrected chi connectivity index (χ4v) is 5.07. The number of pyridine rings is 1. The summed E-state index contributed by atoms with van der Waals surface area (Å²) < 4.78 is 1.87. The number of hydrogen-bond acceptors (Lipinski definition) is 5. The van der Waals surface area contributed by atoms with Crippen molar-refractivity contribution in [2.24, 2.45) is 5.41 Å². The normalized spacial score (nSPS) is 19.2. The largest absolute Gasteiger partial charge is 0.347 e. The third-order valence-corrected chi connectivity index (χ3v) is 7.17. The van der Waals surface area contributed by atoms with Crippen molar-refractivity contribution in [1.29, 1.82) is 0 Å². The number of hydrogen-bond donors (Lipinski definition) is 1. The van der Waals surface area contributed by atoms with Crippen LogP contribution in [0.2, 0.25) is 0 Å². The Labute approximate surface area is 193 Å². The minimum Gasteiger partial charge on any atom is -0.347 e. The van der Waals surface area contributed by atoms with Crippen LogP contribution in [0.15, 0.2) is 61.1 Å². The van der Waals surface area contributed by atoms with E-state index in [2.05, 4.69) is 20.6 Å². The van der Waals surface area contributed by atoms with Crippen molar-refractivity contribution >= 4 is 11.8 Å². The lowest BCUT2D eigenvalue weighted by atomic mass is 9.59. The van der Waals surface area contributed by atoms with Gasteiger partial charge in [-0.05, 0) is 48.3 Å². The summed E-state index contributed by atoms with van der Waals surface area (Å²) in [6, 6.07) is 13.8. The minimum absolute atomic E-state index is 0.135.